The molecule has 0 aliphatic carbocycles. The first-order chi connectivity index (χ1) is 8.56. The molecule has 0 saturated carbocycles. The molecule has 6 heteroatoms. The molecule has 1 N–H and O–H groups in total. The number of ether oxygens (including phenoxy) is 1. The first-order valence-corrected chi connectivity index (χ1v) is 5.64. The van der Waals surface area contributed by atoms with Crippen molar-refractivity contribution in [3.8, 4) is 11.6 Å². The molecule has 0 saturated heterocycles. The van der Waals surface area contributed by atoms with Crippen molar-refractivity contribution in [1.82, 2.24) is 4.98 Å². The van der Waals surface area contributed by atoms with E-state index in [0.29, 0.717) is 10.8 Å². The summed E-state index contributed by atoms with van der Waals surface area (Å²) >= 11 is 11.6. The summed E-state index contributed by atoms with van der Waals surface area (Å²) in [7, 11) is 0. The van der Waals surface area contributed by atoms with Crippen molar-refractivity contribution in [2.75, 3.05) is 0 Å². The maximum absolute atomic E-state index is 10.7. The summed E-state index contributed by atoms with van der Waals surface area (Å²) in [6.07, 6.45) is 1.41. The van der Waals surface area contributed by atoms with Crippen molar-refractivity contribution in [3.05, 3.63) is 52.1 Å². The minimum Gasteiger partial charge on any atom is -0.478 e. The Morgan fingerprint density at radius 2 is 1.89 bits per heavy atom. The van der Waals surface area contributed by atoms with E-state index < -0.39 is 5.97 Å². The number of pyridine rings is 1. The van der Waals surface area contributed by atoms with E-state index in [2.05, 4.69) is 4.98 Å². The molecule has 0 aliphatic rings. The molecule has 0 aliphatic heterocycles. The Labute approximate surface area is 113 Å². The molecule has 18 heavy (non-hydrogen) atoms. The van der Waals surface area contributed by atoms with Crippen LogP contribution in [0.2, 0.25) is 10.0 Å². The smallest absolute Gasteiger partial charge is 0.335 e. The van der Waals surface area contributed by atoms with Crippen LogP contribution in [0.3, 0.4) is 0 Å². The van der Waals surface area contributed by atoms with Crippen molar-refractivity contribution in [2.24, 2.45) is 0 Å². The average Bonchev–Trinajstić information content (AvgIpc) is 2.33. The van der Waals surface area contributed by atoms with Crippen LogP contribution in [-0.2, 0) is 0 Å². The van der Waals surface area contributed by atoms with E-state index in [-0.39, 0.29) is 16.5 Å². The van der Waals surface area contributed by atoms with Gasteiger partial charge >= 0.3 is 5.97 Å². The quantitative estimate of drug-likeness (QED) is 0.929. The highest BCUT2D eigenvalue weighted by atomic mass is 35.5. The lowest BCUT2D eigenvalue weighted by atomic mass is 10.2. The zero-order valence-electron chi connectivity index (χ0n) is 8.93. The Kier molecular flexibility index (Phi) is 3.69. The lowest BCUT2D eigenvalue weighted by Crippen LogP contribution is -1.95. The van der Waals surface area contributed by atoms with Gasteiger partial charge in [-0.15, -0.1) is 0 Å². The van der Waals surface area contributed by atoms with Crippen molar-refractivity contribution >= 4 is 29.2 Å². The molecule has 0 unspecified atom stereocenters. The van der Waals surface area contributed by atoms with Crippen LogP contribution in [0.1, 0.15) is 10.4 Å². The Balaban J connectivity index is 2.21. The Hall–Kier alpha value is -1.78. The summed E-state index contributed by atoms with van der Waals surface area (Å²) in [5.74, 6) is -0.343. The third-order valence-corrected chi connectivity index (χ3v) is 2.57. The number of nitrogens with zero attached hydrogens (tertiary/aromatic N) is 1. The lowest BCUT2D eigenvalue weighted by molar-refractivity contribution is 0.0697. The van der Waals surface area contributed by atoms with E-state index in [4.69, 9.17) is 33.0 Å². The summed E-state index contributed by atoms with van der Waals surface area (Å²) in [4.78, 5) is 14.6. The predicted molar refractivity (Wildman–Crippen MR) is 67.7 cm³/mol. The highest BCUT2D eigenvalue weighted by molar-refractivity contribution is 6.35. The number of halogens is 2. The summed E-state index contributed by atoms with van der Waals surface area (Å²) < 4.78 is 5.40. The van der Waals surface area contributed by atoms with Crippen LogP contribution in [-0.4, -0.2) is 16.1 Å². The van der Waals surface area contributed by atoms with Crippen LogP contribution in [0.25, 0.3) is 0 Å². The van der Waals surface area contributed by atoms with Gasteiger partial charge in [-0.05, 0) is 30.3 Å². The van der Waals surface area contributed by atoms with Crippen molar-refractivity contribution in [3.63, 3.8) is 0 Å². The molecule has 0 fully saturated rings. The first-order valence-electron chi connectivity index (χ1n) is 4.88. The fraction of sp³-hybridized carbons (Fsp3) is 0. The molecule has 0 radical (unpaired) electrons. The second kappa shape index (κ2) is 5.25. The molecular weight excluding hydrogens is 277 g/mol. The number of aromatic nitrogens is 1. The topological polar surface area (TPSA) is 59.4 Å². The van der Waals surface area contributed by atoms with Gasteiger partial charge in [-0.25, -0.2) is 9.78 Å². The average molecular weight is 284 g/mol. The van der Waals surface area contributed by atoms with E-state index in [9.17, 15) is 4.79 Å². The molecule has 2 rings (SSSR count). The zero-order valence-corrected chi connectivity index (χ0v) is 10.4. The number of hydrogen-bond donors (Lipinski definition) is 1. The van der Waals surface area contributed by atoms with Gasteiger partial charge in [0.25, 0.3) is 0 Å². The monoisotopic (exact) mass is 283 g/mol. The van der Waals surface area contributed by atoms with Crippen LogP contribution in [0.5, 0.6) is 11.6 Å². The zero-order chi connectivity index (χ0) is 13.1. The van der Waals surface area contributed by atoms with Crippen LogP contribution >= 0.6 is 23.2 Å². The number of hydrogen-bond acceptors (Lipinski definition) is 3. The van der Waals surface area contributed by atoms with Crippen LogP contribution in [0.15, 0.2) is 36.5 Å². The Morgan fingerprint density at radius 3 is 2.44 bits per heavy atom. The SMILES string of the molecule is O=C(O)c1ccc(Oc2ncc(Cl)cc2Cl)cc1. The van der Waals surface area contributed by atoms with Crippen LogP contribution < -0.4 is 4.74 Å². The number of carbonyl (C=O) groups is 1. The van der Waals surface area contributed by atoms with Gasteiger partial charge in [0, 0.05) is 6.20 Å². The van der Waals surface area contributed by atoms with Crippen LogP contribution in [0.4, 0.5) is 0 Å². The third-order valence-electron chi connectivity index (χ3n) is 2.09. The summed E-state index contributed by atoms with van der Waals surface area (Å²) in [5.41, 5.74) is 0.178. The molecule has 2 aromatic rings. The van der Waals surface area contributed by atoms with E-state index >= 15 is 0 Å². The molecule has 1 heterocycles. The van der Waals surface area contributed by atoms with Gasteiger partial charge < -0.3 is 9.84 Å². The number of benzene rings is 1. The van der Waals surface area contributed by atoms with Crippen LogP contribution in [0, 0.1) is 0 Å². The number of rotatable bonds is 3. The fourth-order valence-electron chi connectivity index (χ4n) is 1.25. The molecule has 0 spiro atoms. The van der Waals surface area contributed by atoms with E-state index in [0.717, 1.165) is 0 Å². The largest absolute Gasteiger partial charge is 0.478 e. The van der Waals surface area contributed by atoms with Gasteiger partial charge in [0.2, 0.25) is 5.88 Å². The van der Waals surface area contributed by atoms with Gasteiger partial charge in [0.1, 0.15) is 10.8 Å². The summed E-state index contributed by atoms with van der Waals surface area (Å²) in [6.45, 7) is 0. The molecule has 4 nitrogen and oxygen atoms in total. The van der Waals surface area contributed by atoms with Crippen molar-refractivity contribution in [1.29, 1.82) is 0 Å². The highest BCUT2D eigenvalue weighted by Crippen LogP contribution is 2.28. The standard InChI is InChI=1S/C12H7Cl2NO3/c13-8-5-10(14)11(15-6-8)18-9-3-1-7(2-4-9)12(16)17/h1-6H,(H,16,17). The highest BCUT2D eigenvalue weighted by Gasteiger charge is 2.07. The Morgan fingerprint density at radius 1 is 1.22 bits per heavy atom. The second-order valence-corrected chi connectivity index (χ2v) is 4.22. The number of carboxylic acids is 1. The maximum atomic E-state index is 10.7. The van der Waals surface area contributed by atoms with Gasteiger partial charge in [-0.3, -0.25) is 0 Å². The maximum Gasteiger partial charge on any atom is 0.335 e. The van der Waals surface area contributed by atoms with Crippen molar-refractivity contribution < 1.29 is 14.6 Å². The molecule has 92 valence electrons. The second-order valence-electron chi connectivity index (χ2n) is 3.37. The van der Waals surface area contributed by atoms with E-state index in [1.165, 1.54) is 36.5 Å². The van der Waals surface area contributed by atoms with E-state index in [1.54, 1.807) is 0 Å². The van der Waals surface area contributed by atoms with Gasteiger partial charge in [0.05, 0.1) is 10.6 Å². The van der Waals surface area contributed by atoms with Gasteiger partial charge in [0.15, 0.2) is 0 Å². The van der Waals surface area contributed by atoms with Gasteiger partial charge in [-0.2, -0.15) is 0 Å². The molecule has 1 aromatic heterocycles. The molecular formula is C12H7Cl2NO3. The molecule has 0 atom stereocenters. The number of aromatic carboxylic acids is 1. The minimum atomic E-state index is -0.996. The van der Waals surface area contributed by atoms with Gasteiger partial charge in [-0.1, -0.05) is 23.2 Å². The molecule has 0 amide bonds. The molecule has 1 aromatic carbocycles. The Bertz CT molecular complexity index is 584. The first kappa shape index (κ1) is 12.7. The minimum absolute atomic E-state index is 0.178. The fourth-order valence-corrected chi connectivity index (χ4v) is 1.67. The summed E-state index contributed by atoms with van der Waals surface area (Å²) in [6, 6.07) is 7.42. The molecule has 0 bridgehead atoms. The normalized spacial score (nSPS) is 10.1. The van der Waals surface area contributed by atoms with E-state index in [1.807, 2.05) is 0 Å². The van der Waals surface area contributed by atoms with Crippen molar-refractivity contribution in [2.45, 2.75) is 0 Å². The lowest BCUT2D eigenvalue weighted by Gasteiger charge is -2.06. The predicted octanol–water partition coefficient (Wildman–Crippen LogP) is 3.88. The summed E-state index contributed by atoms with van der Waals surface area (Å²) in [5, 5.41) is 9.44. The third kappa shape index (κ3) is 2.91. The number of carboxylic acid groups (broad SMARTS) is 1.